The highest BCUT2D eigenvalue weighted by atomic mass is 16.5. The van der Waals surface area contributed by atoms with E-state index in [1.54, 1.807) is 19.2 Å². The first kappa shape index (κ1) is 16.4. The lowest BCUT2D eigenvalue weighted by Gasteiger charge is -2.12. The van der Waals surface area contributed by atoms with Crippen LogP contribution in [0, 0.1) is 12.8 Å². The van der Waals surface area contributed by atoms with Gasteiger partial charge in [-0.3, -0.25) is 4.79 Å². The number of nitrogens with one attached hydrogen (secondary N) is 2. The van der Waals surface area contributed by atoms with Crippen LogP contribution in [0.3, 0.4) is 0 Å². The van der Waals surface area contributed by atoms with Crippen molar-refractivity contribution < 1.29 is 9.53 Å². The molecule has 1 heterocycles. The van der Waals surface area contributed by atoms with Crippen LogP contribution in [0.15, 0.2) is 12.1 Å². The summed E-state index contributed by atoms with van der Waals surface area (Å²) in [5.74, 6) is 0.976. The minimum Gasteiger partial charge on any atom is -0.384 e. The number of amides is 1. The second kappa shape index (κ2) is 8.53. The fourth-order valence-electron chi connectivity index (χ4n) is 1.86. The topological polar surface area (TPSA) is 63.2 Å². The summed E-state index contributed by atoms with van der Waals surface area (Å²) in [7, 11) is 1.66. The van der Waals surface area contributed by atoms with Gasteiger partial charge in [0.2, 0.25) is 0 Å². The third kappa shape index (κ3) is 5.57. The van der Waals surface area contributed by atoms with E-state index in [4.69, 9.17) is 4.74 Å². The summed E-state index contributed by atoms with van der Waals surface area (Å²) in [6.07, 6.45) is 1.02. The van der Waals surface area contributed by atoms with Gasteiger partial charge >= 0.3 is 0 Å². The van der Waals surface area contributed by atoms with Crippen LogP contribution in [0.5, 0.6) is 0 Å². The summed E-state index contributed by atoms with van der Waals surface area (Å²) in [5.41, 5.74) is 1.47. The van der Waals surface area contributed by atoms with E-state index in [1.165, 1.54) is 0 Å². The first-order valence-electron chi connectivity index (χ1n) is 7.06. The van der Waals surface area contributed by atoms with E-state index in [9.17, 15) is 4.79 Å². The van der Waals surface area contributed by atoms with Crippen molar-refractivity contribution in [2.75, 3.05) is 32.1 Å². The predicted octanol–water partition coefficient (Wildman–Crippen LogP) is 2.22. The minimum atomic E-state index is -0.0713. The Morgan fingerprint density at radius 3 is 2.85 bits per heavy atom. The van der Waals surface area contributed by atoms with Crippen molar-refractivity contribution in [2.45, 2.75) is 27.2 Å². The molecule has 20 heavy (non-hydrogen) atoms. The molecule has 0 saturated carbocycles. The highest BCUT2D eigenvalue weighted by Crippen LogP contribution is 2.10. The average Bonchev–Trinajstić information content (AvgIpc) is 2.42. The van der Waals surface area contributed by atoms with Gasteiger partial charge in [0.25, 0.3) is 5.91 Å². The summed E-state index contributed by atoms with van der Waals surface area (Å²) < 4.78 is 5.05. The van der Waals surface area contributed by atoms with E-state index < -0.39 is 0 Å². The van der Waals surface area contributed by atoms with Gasteiger partial charge in [-0.2, -0.15) is 0 Å². The van der Waals surface area contributed by atoms with Gasteiger partial charge in [0.15, 0.2) is 0 Å². The number of carbonyl (C=O) groups excluding carboxylic acids is 1. The van der Waals surface area contributed by atoms with Gasteiger partial charge in [-0.1, -0.05) is 13.8 Å². The SMILES string of the molecule is CCCNc1cc(C(=O)NCC(C)COC)cc(C)n1. The van der Waals surface area contributed by atoms with Crippen LogP contribution in [-0.2, 0) is 4.74 Å². The van der Waals surface area contributed by atoms with E-state index in [1.807, 2.05) is 13.8 Å². The molecule has 2 N–H and O–H groups in total. The van der Waals surface area contributed by atoms with Crippen LogP contribution >= 0.6 is 0 Å². The molecule has 1 atom stereocenters. The molecule has 1 rings (SSSR count). The summed E-state index contributed by atoms with van der Waals surface area (Å²) in [6, 6.07) is 3.59. The Hall–Kier alpha value is -1.62. The molecule has 1 unspecified atom stereocenters. The number of aryl methyl sites for hydroxylation is 1. The van der Waals surface area contributed by atoms with Gasteiger partial charge in [0.05, 0.1) is 6.61 Å². The molecule has 0 saturated heterocycles. The van der Waals surface area contributed by atoms with Crippen LogP contribution in [0.4, 0.5) is 5.82 Å². The largest absolute Gasteiger partial charge is 0.384 e. The number of pyridine rings is 1. The second-order valence-corrected chi connectivity index (χ2v) is 5.08. The van der Waals surface area contributed by atoms with E-state index in [2.05, 4.69) is 22.5 Å². The van der Waals surface area contributed by atoms with Gasteiger partial charge in [0, 0.05) is 31.5 Å². The fraction of sp³-hybridized carbons (Fsp3) is 0.600. The number of anilines is 1. The maximum Gasteiger partial charge on any atom is 0.251 e. The lowest BCUT2D eigenvalue weighted by Crippen LogP contribution is -2.30. The summed E-state index contributed by atoms with van der Waals surface area (Å²) in [6.45, 7) is 8.11. The van der Waals surface area contributed by atoms with Crippen molar-refractivity contribution in [2.24, 2.45) is 5.92 Å². The normalized spacial score (nSPS) is 12.0. The summed E-state index contributed by atoms with van der Waals surface area (Å²) in [4.78, 5) is 16.5. The molecule has 0 aliphatic heterocycles. The number of rotatable bonds is 8. The fourth-order valence-corrected chi connectivity index (χ4v) is 1.86. The Morgan fingerprint density at radius 1 is 1.45 bits per heavy atom. The summed E-state index contributed by atoms with van der Waals surface area (Å²) >= 11 is 0. The molecule has 5 heteroatoms. The Kier molecular flexibility index (Phi) is 7.01. The van der Waals surface area contributed by atoms with Crippen molar-refractivity contribution in [1.82, 2.24) is 10.3 Å². The first-order chi connectivity index (χ1) is 9.56. The molecule has 0 fully saturated rings. The molecule has 0 aromatic carbocycles. The minimum absolute atomic E-state index is 0.0713. The molecule has 0 spiro atoms. The van der Waals surface area contributed by atoms with Gasteiger partial charge in [-0.05, 0) is 31.4 Å². The predicted molar refractivity (Wildman–Crippen MR) is 81.1 cm³/mol. The zero-order valence-electron chi connectivity index (χ0n) is 12.8. The van der Waals surface area contributed by atoms with E-state index in [0.717, 1.165) is 24.5 Å². The van der Waals surface area contributed by atoms with E-state index >= 15 is 0 Å². The Labute approximate surface area is 121 Å². The third-order valence-corrected chi connectivity index (χ3v) is 2.83. The van der Waals surface area contributed by atoms with Crippen molar-refractivity contribution in [1.29, 1.82) is 0 Å². The number of carbonyl (C=O) groups is 1. The maximum atomic E-state index is 12.1. The molecular weight excluding hydrogens is 254 g/mol. The van der Waals surface area contributed by atoms with Crippen LogP contribution in [0.25, 0.3) is 0 Å². The number of ether oxygens (including phenoxy) is 1. The zero-order valence-corrected chi connectivity index (χ0v) is 12.8. The number of nitrogens with zero attached hydrogens (tertiary/aromatic N) is 1. The molecule has 1 amide bonds. The molecule has 1 aromatic heterocycles. The van der Waals surface area contributed by atoms with Crippen LogP contribution in [-0.4, -0.2) is 37.7 Å². The smallest absolute Gasteiger partial charge is 0.251 e. The van der Waals surface area contributed by atoms with Crippen molar-refractivity contribution in [3.63, 3.8) is 0 Å². The quantitative estimate of drug-likeness (QED) is 0.766. The van der Waals surface area contributed by atoms with E-state index in [0.29, 0.717) is 24.6 Å². The number of hydrogen-bond acceptors (Lipinski definition) is 4. The molecule has 5 nitrogen and oxygen atoms in total. The molecule has 0 aliphatic carbocycles. The molecule has 0 aliphatic rings. The number of aromatic nitrogens is 1. The van der Waals surface area contributed by atoms with Crippen LogP contribution in [0.1, 0.15) is 36.3 Å². The van der Waals surface area contributed by atoms with Gasteiger partial charge in [-0.15, -0.1) is 0 Å². The van der Waals surface area contributed by atoms with E-state index in [-0.39, 0.29) is 5.91 Å². The molecule has 0 bridgehead atoms. The number of methoxy groups -OCH3 is 1. The maximum absolute atomic E-state index is 12.1. The Bertz CT molecular complexity index is 435. The van der Waals surface area contributed by atoms with Crippen molar-refractivity contribution >= 4 is 11.7 Å². The highest BCUT2D eigenvalue weighted by Gasteiger charge is 2.10. The monoisotopic (exact) mass is 279 g/mol. The zero-order chi connectivity index (χ0) is 15.0. The lowest BCUT2D eigenvalue weighted by molar-refractivity contribution is 0.0934. The summed E-state index contributed by atoms with van der Waals surface area (Å²) in [5, 5.41) is 6.12. The Morgan fingerprint density at radius 2 is 2.20 bits per heavy atom. The van der Waals surface area contributed by atoms with Crippen molar-refractivity contribution in [3.8, 4) is 0 Å². The third-order valence-electron chi connectivity index (χ3n) is 2.83. The molecule has 1 aromatic rings. The Balaban J connectivity index is 2.64. The average molecular weight is 279 g/mol. The van der Waals surface area contributed by atoms with Gasteiger partial charge in [0.1, 0.15) is 5.82 Å². The molecule has 112 valence electrons. The van der Waals surface area contributed by atoms with Gasteiger partial charge < -0.3 is 15.4 Å². The van der Waals surface area contributed by atoms with Crippen LogP contribution in [0.2, 0.25) is 0 Å². The standard InChI is InChI=1S/C15H25N3O2/c1-5-6-16-14-8-13(7-12(3)18-14)15(19)17-9-11(2)10-20-4/h7-8,11H,5-6,9-10H2,1-4H3,(H,16,18)(H,17,19). The molecule has 0 radical (unpaired) electrons. The second-order valence-electron chi connectivity index (χ2n) is 5.08. The van der Waals surface area contributed by atoms with Crippen LogP contribution < -0.4 is 10.6 Å². The highest BCUT2D eigenvalue weighted by molar-refractivity contribution is 5.95. The van der Waals surface area contributed by atoms with Crippen molar-refractivity contribution in [3.05, 3.63) is 23.4 Å². The molecular formula is C15H25N3O2. The first-order valence-corrected chi connectivity index (χ1v) is 7.06. The number of hydrogen-bond donors (Lipinski definition) is 2. The van der Waals surface area contributed by atoms with Gasteiger partial charge in [-0.25, -0.2) is 4.98 Å². The lowest BCUT2D eigenvalue weighted by atomic mass is 10.1.